The van der Waals surface area contributed by atoms with Gasteiger partial charge in [0.2, 0.25) is 5.91 Å². The van der Waals surface area contributed by atoms with Crippen molar-refractivity contribution < 1.29 is 13.9 Å². The Kier molecular flexibility index (Phi) is 11.3. The van der Waals surface area contributed by atoms with Gasteiger partial charge >= 0.3 is 6.01 Å². The number of alkyl halides is 1. The summed E-state index contributed by atoms with van der Waals surface area (Å²) in [6.45, 7) is 7.65. The monoisotopic (exact) mass is 647 g/mol. The number of rotatable bonds is 5. The summed E-state index contributed by atoms with van der Waals surface area (Å²) in [5, 5.41) is 14.6. The molecule has 1 aromatic heterocycles. The van der Waals surface area contributed by atoms with Gasteiger partial charge in [-0.1, -0.05) is 42.4 Å². The number of ether oxygens (including phenoxy) is 1. The maximum absolute atomic E-state index is 12.6. The minimum atomic E-state index is -0.518. The van der Waals surface area contributed by atoms with E-state index in [-0.39, 0.29) is 11.9 Å². The molecule has 3 atom stereocenters. The molecule has 1 N–H and O–H groups in total. The second-order valence-corrected chi connectivity index (χ2v) is 12.4. The number of fused-ring (bicyclic) bond motifs is 3. The summed E-state index contributed by atoms with van der Waals surface area (Å²) >= 11 is 6.49. The second kappa shape index (κ2) is 15.6. The average Bonchev–Trinajstić information content (AvgIpc) is 3.81. The van der Waals surface area contributed by atoms with E-state index in [2.05, 4.69) is 62.0 Å². The van der Waals surface area contributed by atoms with Gasteiger partial charge in [0.15, 0.2) is 0 Å². The van der Waals surface area contributed by atoms with Crippen molar-refractivity contribution in [3.63, 3.8) is 0 Å². The molecule has 2 aromatic carbocycles. The van der Waals surface area contributed by atoms with E-state index in [1.807, 2.05) is 19.2 Å². The lowest BCUT2D eigenvalue weighted by Crippen LogP contribution is -2.33. The number of nitrogens with one attached hydrogen (secondary N) is 1. The number of benzene rings is 2. The molecule has 4 aliphatic rings. The molecule has 3 aromatic rings. The lowest BCUT2D eigenvalue weighted by Gasteiger charge is -2.31. The van der Waals surface area contributed by atoms with Crippen LogP contribution in [0, 0.1) is 11.3 Å². The van der Waals surface area contributed by atoms with Crippen LogP contribution in [0.2, 0.25) is 5.02 Å². The summed E-state index contributed by atoms with van der Waals surface area (Å²) in [4.78, 5) is 26.5. The molecule has 4 aliphatic heterocycles. The van der Waals surface area contributed by atoms with E-state index in [9.17, 15) is 9.18 Å². The Morgan fingerprint density at radius 3 is 2.70 bits per heavy atom. The van der Waals surface area contributed by atoms with Crippen molar-refractivity contribution in [2.75, 3.05) is 50.6 Å². The van der Waals surface area contributed by atoms with Gasteiger partial charge in [0.1, 0.15) is 12.0 Å². The smallest absolute Gasteiger partial charge is 0.318 e. The molecule has 9 nitrogen and oxygen atoms in total. The normalized spacial score (nSPS) is 21.7. The van der Waals surface area contributed by atoms with Crippen molar-refractivity contribution in [2.24, 2.45) is 0 Å². The zero-order valence-electron chi connectivity index (χ0n) is 26.7. The second-order valence-electron chi connectivity index (χ2n) is 12.0. The van der Waals surface area contributed by atoms with Gasteiger partial charge in [0.05, 0.1) is 36.9 Å². The number of halogens is 2. The van der Waals surface area contributed by atoms with Crippen LogP contribution in [-0.2, 0) is 17.8 Å². The Morgan fingerprint density at radius 2 is 1.98 bits per heavy atom. The molecule has 0 saturated carbocycles. The lowest BCUT2D eigenvalue weighted by atomic mass is 10.0. The van der Waals surface area contributed by atoms with Gasteiger partial charge in [-0.15, -0.1) is 0 Å². The third-order valence-corrected chi connectivity index (χ3v) is 9.57. The Morgan fingerprint density at radius 1 is 1.20 bits per heavy atom. The number of hydrogen-bond donors (Lipinski definition) is 1. The Hall–Kier alpha value is -3.94. The van der Waals surface area contributed by atoms with Gasteiger partial charge in [-0.05, 0) is 68.7 Å². The molecule has 11 heteroatoms. The van der Waals surface area contributed by atoms with Crippen LogP contribution in [0.1, 0.15) is 49.8 Å². The summed E-state index contributed by atoms with van der Waals surface area (Å²) in [5.74, 6) is 0.796. The number of nitrogens with zero attached hydrogens (tertiary/aromatic N) is 6. The Balaban J connectivity index is 0.000000163. The highest BCUT2D eigenvalue weighted by molar-refractivity contribution is 6.36. The minimum absolute atomic E-state index is 0.0484. The van der Waals surface area contributed by atoms with Crippen LogP contribution >= 0.6 is 11.6 Å². The first kappa shape index (κ1) is 33.4. The summed E-state index contributed by atoms with van der Waals surface area (Å²) < 4.78 is 17.9. The number of methoxy groups -OCH3 is 1. The van der Waals surface area contributed by atoms with E-state index in [1.54, 1.807) is 12.0 Å². The fraction of sp³-hybridized carbons (Fsp3) is 0.486. The molecule has 3 unspecified atom stereocenters. The van der Waals surface area contributed by atoms with Gasteiger partial charge < -0.3 is 19.9 Å². The maximum atomic E-state index is 12.6. The molecule has 7 rings (SSSR count). The maximum Gasteiger partial charge on any atom is 0.318 e. The lowest BCUT2D eigenvalue weighted by molar-refractivity contribution is -0.126. The molecule has 1 amide bonds. The van der Waals surface area contributed by atoms with Crippen LogP contribution in [-0.4, -0.2) is 84.3 Å². The van der Waals surface area contributed by atoms with Gasteiger partial charge in [-0.25, -0.2) is 4.39 Å². The van der Waals surface area contributed by atoms with Crippen LogP contribution in [0.5, 0.6) is 6.01 Å². The number of anilines is 2. The van der Waals surface area contributed by atoms with Crippen LogP contribution in [0.4, 0.5) is 15.9 Å². The fourth-order valence-electron chi connectivity index (χ4n) is 7.04. The molecule has 3 fully saturated rings. The highest BCUT2D eigenvalue weighted by Crippen LogP contribution is 2.36. The molecule has 5 heterocycles. The Labute approximate surface area is 276 Å². The topological polar surface area (TPSA) is 97.6 Å². The first-order valence-electron chi connectivity index (χ1n) is 16.1. The van der Waals surface area contributed by atoms with Crippen LogP contribution in [0.3, 0.4) is 0 Å². The molecule has 0 spiro atoms. The predicted octanol–water partition coefficient (Wildman–Crippen LogP) is 6.17. The number of carbonyl (C=O) groups excluding carboxylic acids is 1. The Bertz CT molecular complexity index is 1560. The van der Waals surface area contributed by atoms with E-state index < -0.39 is 6.17 Å². The highest BCUT2D eigenvalue weighted by atomic mass is 35.5. The number of aromatic nitrogens is 2. The number of likely N-dealkylation sites (tertiary alicyclic amines) is 1. The molecule has 46 heavy (non-hydrogen) atoms. The number of nitriles is 1. The van der Waals surface area contributed by atoms with Crippen molar-refractivity contribution in [1.29, 1.82) is 5.26 Å². The average molecular weight is 648 g/mol. The van der Waals surface area contributed by atoms with Crippen LogP contribution < -0.4 is 15.0 Å². The number of carbonyl (C=O) groups is 1. The van der Waals surface area contributed by atoms with E-state index in [0.29, 0.717) is 31.6 Å². The van der Waals surface area contributed by atoms with Gasteiger partial charge in [0, 0.05) is 55.4 Å². The standard InChI is InChI=1S/C19H19ClN4O.C9H12N2O.C7H12FN/c1-21-18-13-9-10-24(11-15(13)22-19(23-18)25-2)16-8-4-6-12-5-3-7-14(20)17(12)16;1-2-9(12)11-7-3-4-8(11)5-6-10;8-6-4-7-2-1-3-9(7)5-6/h3-8H,9-11H2,1-2H3,(H,21,22,23);2,8H,1,3-5,7H2;6-7H,1-5H2. The number of hydrogen-bond acceptors (Lipinski definition) is 8. The molecule has 0 aliphatic carbocycles. The van der Waals surface area contributed by atoms with Crippen molar-refractivity contribution in [3.05, 3.63) is 65.3 Å². The van der Waals surface area contributed by atoms with E-state index in [0.717, 1.165) is 83.9 Å². The SMILES string of the molecule is C=CC(=O)N1CCCC1CC#N.CNc1nc(OC)nc2c1CCN(c1cccc3cccc(Cl)c13)C2.FC1CC2CCCN2C1. The molecule has 0 radical (unpaired) electrons. The third-order valence-electron chi connectivity index (χ3n) is 9.26. The molecule has 244 valence electrons. The zero-order chi connectivity index (χ0) is 32.6. The summed E-state index contributed by atoms with van der Waals surface area (Å²) in [7, 11) is 3.46. The van der Waals surface area contributed by atoms with Gasteiger partial charge in [0.25, 0.3) is 0 Å². The number of amides is 1. The van der Waals surface area contributed by atoms with Crippen molar-refractivity contribution in [1.82, 2.24) is 19.8 Å². The van der Waals surface area contributed by atoms with E-state index in [1.165, 1.54) is 18.9 Å². The minimum Gasteiger partial charge on any atom is -0.467 e. The predicted molar refractivity (Wildman–Crippen MR) is 181 cm³/mol. The fourth-order valence-corrected chi connectivity index (χ4v) is 7.32. The van der Waals surface area contributed by atoms with Crippen molar-refractivity contribution in [3.8, 4) is 12.1 Å². The van der Waals surface area contributed by atoms with Crippen molar-refractivity contribution >= 4 is 39.8 Å². The van der Waals surface area contributed by atoms with Gasteiger partial charge in [-0.3, -0.25) is 9.69 Å². The summed E-state index contributed by atoms with van der Waals surface area (Å²) in [6, 6.07) is 15.5. The third kappa shape index (κ3) is 7.54. The first-order chi connectivity index (χ1) is 22.4. The summed E-state index contributed by atoms with van der Waals surface area (Å²) in [5.41, 5.74) is 3.29. The zero-order valence-corrected chi connectivity index (χ0v) is 27.5. The largest absolute Gasteiger partial charge is 0.467 e. The summed E-state index contributed by atoms with van der Waals surface area (Å²) in [6.07, 6.45) is 7.40. The van der Waals surface area contributed by atoms with Gasteiger partial charge in [-0.2, -0.15) is 15.2 Å². The van der Waals surface area contributed by atoms with Crippen LogP contribution in [0.15, 0.2) is 49.1 Å². The molecule has 3 saturated heterocycles. The molecule has 0 bridgehead atoms. The quantitative estimate of drug-likeness (QED) is 0.329. The molecular weight excluding hydrogens is 605 g/mol. The van der Waals surface area contributed by atoms with Crippen molar-refractivity contribution in [2.45, 2.75) is 69.7 Å². The van der Waals surface area contributed by atoms with E-state index in [4.69, 9.17) is 21.6 Å². The highest BCUT2D eigenvalue weighted by Gasteiger charge is 2.34. The first-order valence-corrected chi connectivity index (χ1v) is 16.5. The van der Waals surface area contributed by atoms with Crippen LogP contribution in [0.25, 0.3) is 10.8 Å². The van der Waals surface area contributed by atoms with E-state index >= 15 is 0 Å². The molecular formula is C35H43ClFN7O2.